The fourth-order valence-electron chi connectivity index (χ4n) is 3.49. The maximum Gasteiger partial charge on any atom is 0.271 e. The lowest BCUT2D eigenvalue weighted by molar-refractivity contribution is 0.368. The van der Waals surface area contributed by atoms with Gasteiger partial charge in [-0.05, 0) is 43.5 Å². The second-order valence-electron chi connectivity index (χ2n) is 6.54. The Kier molecular flexibility index (Phi) is 5.52. The molecule has 1 N–H and O–H groups in total. The molecule has 2 aromatic rings. The summed E-state index contributed by atoms with van der Waals surface area (Å²) in [5, 5.41) is 20.8. The lowest BCUT2D eigenvalue weighted by Crippen LogP contribution is -2.28. The summed E-state index contributed by atoms with van der Waals surface area (Å²) in [6.45, 7) is 1.63. The van der Waals surface area contributed by atoms with E-state index in [1.807, 2.05) is 6.07 Å². The minimum absolute atomic E-state index is 0.0270. The second-order valence-corrected chi connectivity index (χ2v) is 6.97. The molecule has 1 aromatic carbocycles. The molecule has 7 heteroatoms. The quantitative estimate of drug-likeness (QED) is 0.796. The number of ether oxygens (including phenoxy) is 1. The highest BCUT2D eigenvalue weighted by molar-refractivity contribution is 6.30. The number of pyridine rings is 1. The normalized spacial score (nSPS) is 14.6. The Labute approximate surface area is 162 Å². The van der Waals surface area contributed by atoms with Gasteiger partial charge >= 0.3 is 0 Å². The predicted molar refractivity (Wildman–Crippen MR) is 105 cm³/mol. The van der Waals surface area contributed by atoms with Gasteiger partial charge in [0.15, 0.2) is 0 Å². The lowest BCUT2D eigenvalue weighted by atomic mass is 10.0. The third-order valence-corrected chi connectivity index (χ3v) is 5.19. The topological polar surface area (TPSA) is 87.6 Å². The number of hydrogen-bond donors (Lipinski definition) is 1. The molecular formula is C20H20ClN3O3. The van der Waals surface area contributed by atoms with Crippen LogP contribution in [0, 0.1) is 18.3 Å². The third-order valence-electron chi connectivity index (χ3n) is 4.96. The van der Waals surface area contributed by atoms with Crippen LogP contribution < -0.4 is 10.3 Å². The summed E-state index contributed by atoms with van der Waals surface area (Å²) in [5.74, 6) is 0.366. The van der Waals surface area contributed by atoms with E-state index in [0.29, 0.717) is 27.6 Å². The maximum absolute atomic E-state index is 12.7. The SMILES string of the molecule is COc1ccc(Cl)cc1N=Cc1c(C)c(C#N)c(=O)n(C2CCCC2)c1O. The van der Waals surface area contributed by atoms with Crippen LogP contribution in [0.2, 0.25) is 5.02 Å². The summed E-state index contributed by atoms with van der Waals surface area (Å²) in [4.78, 5) is 17.1. The van der Waals surface area contributed by atoms with E-state index in [1.54, 1.807) is 25.1 Å². The van der Waals surface area contributed by atoms with Crippen molar-refractivity contribution in [2.45, 2.75) is 38.6 Å². The number of aromatic nitrogens is 1. The van der Waals surface area contributed by atoms with Crippen LogP contribution in [0.4, 0.5) is 5.69 Å². The first kappa shape index (κ1) is 19.0. The van der Waals surface area contributed by atoms with E-state index in [4.69, 9.17) is 16.3 Å². The van der Waals surface area contributed by atoms with E-state index in [0.717, 1.165) is 25.7 Å². The molecular weight excluding hydrogens is 366 g/mol. The molecule has 0 radical (unpaired) electrons. The van der Waals surface area contributed by atoms with E-state index < -0.39 is 5.56 Å². The second kappa shape index (κ2) is 7.85. The Bertz CT molecular complexity index is 999. The zero-order valence-electron chi connectivity index (χ0n) is 15.2. The van der Waals surface area contributed by atoms with Crippen LogP contribution in [0.1, 0.15) is 48.4 Å². The van der Waals surface area contributed by atoms with E-state index in [2.05, 4.69) is 4.99 Å². The van der Waals surface area contributed by atoms with Crippen molar-refractivity contribution in [3.63, 3.8) is 0 Å². The number of benzene rings is 1. The van der Waals surface area contributed by atoms with E-state index in [9.17, 15) is 15.2 Å². The van der Waals surface area contributed by atoms with Crippen molar-refractivity contribution in [2.75, 3.05) is 7.11 Å². The molecule has 0 amide bonds. The van der Waals surface area contributed by atoms with E-state index in [1.165, 1.54) is 17.9 Å². The van der Waals surface area contributed by atoms with Crippen molar-refractivity contribution in [3.05, 3.63) is 50.3 Å². The molecule has 0 atom stereocenters. The van der Waals surface area contributed by atoms with Crippen LogP contribution in [-0.2, 0) is 0 Å². The van der Waals surface area contributed by atoms with Gasteiger partial charge in [-0.15, -0.1) is 0 Å². The van der Waals surface area contributed by atoms with Gasteiger partial charge < -0.3 is 9.84 Å². The smallest absolute Gasteiger partial charge is 0.271 e. The minimum atomic E-state index is -0.447. The van der Waals surface area contributed by atoms with E-state index >= 15 is 0 Å². The van der Waals surface area contributed by atoms with Gasteiger partial charge in [0.25, 0.3) is 5.56 Å². The van der Waals surface area contributed by atoms with Gasteiger partial charge in [-0.2, -0.15) is 5.26 Å². The molecule has 1 heterocycles. The molecule has 0 bridgehead atoms. The average molecular weight is 386 g/mol. The van der Waals surface area contributed by atoms with Gasteiger partial charge in [-0.25, -0.2) is 0 Å². The van der Waals surface area contributed by atoms with Gasteiger partial charge in [0.1, 0.15) is 23.1 Å². The van der Waals surface area contributed by atoms with Crippen molar-refractivity contribution in [1.82, 2.24) is 4.57 Å². The summed E-state index contributed by atoms with van der Waals surface area (Å²) < 4.78 is 6.62. The molecule has 6 nitrogen and oxygen atoms in total. The molecule has 0 saturated heterocycles. The Morgan fingerprint density at radius 1 is 1.41 bits per heavy atom. The monoisotopic (exact) mass is 385 g/mol. The van der Waals surface area contributed by atoms with Gasteiger partial charge in [-0.1, -0.05) is 24.4 Å². The molecule has 140 valence electrons. The number of nitriles is 1. The first-order chi connectivity index (χ1) is 13.0. The van der Waals surface area contributed by atoms with Gasteiger partial charge in [0.2, 0.25) is 5.88 Å². The first-order valence-electron chi connectivity index (χ1n) is 8.73. The summed E-state index contributed by atoms with van der Waals surface area (Å²) in [6.07, 6.45) is 5.05. The summed E-state index contributed by atoms with van der Waals surface area (Å²) in [6, 6.07) is 6.90. The van der Waals surface area contributed by atoms with Crippen LogP contribution in [0.5, 0.6) is 11.6 Å². The predicted octanol–water partition coefficient (Wildman–Crippen LogP) is 4.26. The number of rotatable bonds is 4. The number of halogens is 1. The summed E-state index contributed by atoms with van der Waals surface area (Å²) in [5.41, 5.74) is 0.816. The first-order valence-corrected chi connectivity index (χ1v) is 9.11. The van der Waals surface area contributed by atoms with Crippen molar-refractivity contribution in [1.29, 1.82) is 5.26 Å². The largest absolute Gasteiger partial charge is 0.494 e. The lowest BCUT2D eigenvalue weighted by Gasteiger charge is -2.19. The minimum Gasteiger partial charge on any atom is -0.494 e. The molecule has 3 rings (SSSR count). The molecule has 1 saturated carbocycles. The van der Waals surface area contributed by atoms with Crippen molar-refractivity contribution >= 4 is 23.5 Å². The zero-order chi connectivity index (χ0) is 19.6. The van der Waals surface area contributed by atoms with Crippen LogP contribution in [-0.4, -0.2) is 23.0 Å². The average Bonchev–Trinajstić information content (AvgIpc) is 3.16. The van der Waals surface area contributed by atoms with Crippen LogP contribution in [0.3, 0.4) is 0 Å². The molecule has 1 fully saturated rings. The van der Waals surface area contributed by atoms with Crippen molar-refractivity contribution in [3.8, 4) is 17.7 Å². The van der Waals surface area contributed by atoms with Gasteiger partial charge in [0.05, 0.1) is 12.7 Å². The highest BCUT2D eigenvalue weighted by Crippen LogP contribution is 2.34. The molecule has 0 aliphatic heterocycles. The van der Waals surface area contributed by atoms with Crippen LogP contribution in [0.25, 0.3) is 0 Å². The fourth-order valence-corrected chi connectivity index (χ4v) is 3.66. The molecule has 0 spiro atoms. The number of nitrogens with zero attached hydrogens (tertiary/aromatic N) is 3. The Morgan fingerprint density at radius 2 is 2.11 bits per heavy atom. The van der Waals surface area contributed by atoms with Gasteiger partial charge in [-0.3, -0.25) is 14.4 Å². The Hall–Kier alpha value is -2.78. The van der Waals surface area contributed by atoms with E-state index in [-0.39, 0.29) is 17.5 Å². The highest BCUT2D eigenvalue weighted by Gasteiger charge is 2.25. The maximum atomic E-state index is 12.7. The standard InChI is InChI=1S/C20H20ClN3O3/c1-12-15(10-22)19(25)24(14-5-3-4-6-14)20(26)16(12)11-23-17-9-13(21)7-8-18(17)27-2/h7-9,11,14,26H,3-6H2,1-2H3. The molecule has 0 unspecified atom stereocenters. The Balaban J connectivity index is 2.16. The van der Waals surface area contributed by atoms with Crippen LogP contribution in [0.15, 0.2) is 28.0 Å². The number of methoxy groups -OCH3 is 1. The molecule has 1 aliphatic carbocycles. The fraction of sp³-hybridized carbons (Fsp3) is 0.350. The molecule has 1 aliphatic rings. The van der Waals surface area contributed by atoms with Crippen molar-refractivity contribution < 1.29 is 9.84 Å². The Morgan fingerprint density at radius 3 is 2.74 bits per heavy atom. The molecule has 27 heavy (non-hydrogen) atoms. The number of aromatic hydroxyl groups is 1. The zero-order valence-corrected chi connectivity index (χ0v) is 16.0. The third kappa shape index (κ3) is 3.56. The summed E-state index contributed by atoms with van der Waals surface area (Å²) >= 11 is 6.03. The number of aliphatic imine (C=N–C) groups is 1. The van der Waals surface area contributed by atoms with Crippen LogP contribution >= 0.6 is 11.6 Å². The van der Waals surface area contributed by atoms with Gasteiger partial charge in [0, 0.05) is 17.3 Å². The summed E-state index contributed by atoms with van der Waals surface area (Å²) in [7, 11) is 1.53. The highest BCUT2D eigenvalue weighted by atomic mass is 35.5. The molecule has 1 aromatic heterocycles. The van der Waals surface area contributed by atoms with Crippen molar-refractivity contribution in [2.24, 2.45) is 4.99 Å². The number of hydrogen-bond acceptors (Lipinski definition) is 5.